The minimum absolute atomic E-state index is 0.0134. The van der Waals surface area contributed by atoms with Crippen LogP contribution in [0.2, 0.25) is 0 Å². The summed E-state index contributed by atoms with van der Waals surface area (Å²) in [7, 11) is 0. The Kier molecular flexibility index (Phi) is 4.85. The van der Waals surface area contributed by atoms with E-state index in [0.717, 1.165) is 49.5 Å². The number of rotatable bonds is 1. The molecule has 0 radical (unpaired) electrons. The largest absolute Gasteiger partial charge is 0.507 e. The third-order valence-corrected chi connectivity index (χ3v) is 6.58. The second-order valence-corrected chi connectivity index (χ2v) is 8.90. The van der Waals surface area contributed by atoms with Gasteiger partial charge in [0.05, 0.1) is 11.6 Å². The first kappa shape index (κ1) is 21.1. The highest BCUT2D eigenvalue weighted by Gasteiger charge is 2.23. The van der Waals surface area contributed by atoms with Gasteiger partial charge in [0.2, 0.25) is 0 Å². The van der Waals surface area contributed by atoms with Crippen LogP contribution in [0.5, 0.6) is 17.2 Å². The van der Waals surface area contributed by atoms with Gasteiger partial charge in [-0.2, -0.15) is 0 Å². The number of hydrogen-bond donors (Lipinski definition) is 3. The van der Waals surface area contributed by atoms with Crippen LogP contribution in [0.15, 0.2) is 89.9 Å². The zero-order valence-corrected chi connectivity index (χ0v) is 19.2. The molecular formula is C30H24N2O3. The van der Waals surface area contributed by atoms with E-state index >= 15 is 0 Å². The molecule has 5 heteroatoms. The van der Waals surface area contributed by atoms with Crippen molar-refractivity contribution in [1.82, 2.24) is 0 Å². The maximum Gasteiger partial charge on any atom is 0.135 e. The standard InChI is InChI=1S/C30H24N2O3/c1-17-16-35-29-21-10-3-2-9-19(21)23(28-25(33)13-6-14-26(28)34)15-24(29)20-11-4-7-18-8-5-12-22(27(18)20)30(31)32-17/h2-15,17,33-34H,16H2,1H3,(H2,31,32)/t17-/m0/s1. The third kappa shape index (κ3) is 3.36. The van der Waals surface area contributed by atoms with E-state index in [0.29, 0.717) is 18.0 Å². The van der Waals surface area contributed by atoms with E-state index in [-0.39, 0.29) is 17.5 Å². The normalized spacial score (nSPS) is 15.3. The van der Waals surface area contributed by atoms with Gasteiger partial charge in [-0.25, -0.2) is 0 Å². The monoisotopic (exact) mass is 460 g/mol. The fourth-order valence-corrected chi connectivity index (χ4v) is 5.04. The summed E-state index contributed by atoms with van der Waals surface area (Å²) in [6, 6.07) is 26.7. The fourth-order valence-electron chi connectivity index (χ4n) is 5.04. The second-order valence-electron chi connectivity index (χ2n) is 8.90. The van der Waals surface area contributed by atoms with Gasteiger partial charge in [0.15, 0.2) is 0 Å². The average molecular weight is 461 g/mol. The quantitative estimate of drug-likeness (QED) is 0.277. The van der Waals surface area contributed by atoms with Crippen LogP contribution in [0.25, 0.3) is 43.8 Å². The number of hydrogen-bond acceptors (Lipinski definition) is 5. The number of aromatic hydroxyl groups is 2. The van der Waals surface area contributed by atoms with Crippen molar-refractivity contribution in [1.29, 1.82) is 0 Å². The van der Waals surface area contributed by atoms with Gasteiger partial charge in [0, 0.05) is 21.9 Å². The van der Waals surface area contributed by atoms with Crippen molar-refractivity contribution >= 4 is 27.4 Å². The number of amidine groups is 1. The number of fused-ring (bicyclic) bond motifs is 4. The first-order chi connectivity index (χ1) is 17.0. The lowest BCUT2D eigenvalue weighted by Gasteiger charge is -2.22. The molecule has 35 heavy (non-hydrogen) atoms. The lowest BCUT2D eigenvalue weighted by Crippen LogP contribution is -2.21. The molecule has 172 valence electrons. The number of ether oxygens (including phenoxy) is 1. The first-order valence-electron chi connectivity index (χ1n) is 11.6. The molecule has 0 saturated heterocycles. The summed E-state index contributed by atoms with van der Waals surface area (Å²) in [6.45, 7) is 2.34. The lowest BCUT2D eigenvalue weighted by molar-refractivity contribution is 0.301. The molecule has 0 aromatic heterocycles. The summed E-state index contributed by atoms with van der Waals surface area (Å²) < 4.78 is 6.45. The van der Waals surface area contributed by atoms with Gasteiger partial charge in [-0.05, 0) is 47.0 Å². The van der Waals surface area contributed by atoms with Crippen molar-refractivity contribution in [2.45, 2.75) is 13.0 Å². The summed E-state index contributed by atoms with van der Waals surface area (Å²) in [6.07, 6.45) is 0. The van der Waals surface area contributed by atoms with Gasteiger partial charge < -0.3 is 20.7 Å². The summed E-state index contributed by atoms with van der Waals surface area (Å²) in [5.74, 6) is 1.24. The van der Waals surface area contributed by atoms with Crippen molar-refractivity contribution in [2.75, 3.05) is 6.61 Å². The SMILES string of the molecule is C[C@H]1COc2c(cc(-c3c(O)cccc3O)c3ccccc23)-c2cccc3cccc(c23)C(N)=N1. The minimum Gasteiger partial charge on any atom is -0.507 e. The lowest BCUT2D eigenvalue weighted by atomic mass is 9.88. The zero-order valence-electron chi connectivity index (χ0n) is 19.2. The first-order valence-corrected chi connectivity index (χ1v) is 11.6. The average Bonchev–Trinajstić information content (AvgIpc) is 2.86. The highest BCUT2D eigenvalue weighted by Crippen LogP contribution is 2.48. The molecule has 1 heterocycles. The predicted octanol–water partition coefficient (Wildman–Crippen LogP) is 6.22. The Labute approximate surface area is 202 Å². The number of aliphatic imine (C=N–C) groups is 1. The van der Waals surface area contributed by atoms with Crippen LogP contribution >= 0.6 is 0 Å². The van der Waals surface area contributed by atoms with Gasteiger partial charge >= 0.3 is 0 Å². The van der Waals surface area contributed by atoms with Gasteiger partial charge in [-0.1, -0.05) is 66.7 Å². The Balaban J connectivity index is 1.81. The van der Waals surface area contributed by atoms with E-state index in [2.05, 4.69) is 18.2 Å². The highest BCUT2D eigenvalue weighted by molar-refractivity contribution is 6.16. The number of benzene rings is 5. The molecular weight excluding hydrogens is 436 g/mol. The maximum absolute atomic E-state index is 10.7. The van der Waals surface area contributed by atoms with Crippen molar-refractivity contribution in [3.63, 3.8) is 0 Å². The van der Waals surface area contributed by atoms with Crippen molar-refractivity contribution in [2.24, 2.45) is 10.7 Å². The van der Waals surface area contributed by atoms with Crippen LogP contribution in [0.3, 0.4) is 0 Å². The van der Waals surface area contributed by atoms with E-state index in [9.17, 15) is 10.2 Å². The van der Waals surface area contributed by atoms with Crippen LogP contribution in [-0.2, 0) is 0 Å². The fraction of sp³-hybridized carbons (Fsp3) is 0.100. The molecule has 0 amide bonds. The Morgan fingerprint density at radius 1 is 0.771 bits per heavy atom. The van der Waals surface area contributed by atoms with Crippen LogP contribution < -0.4 is 10.5 Å². The van der Waals surface area contributed by atoms with Crippen molar-refractivity contribution < 1.29 is 14.9 Å². The summed E-state index contributed by atoms with van der Waals surface area (Å²) in [5.41, 5.74) is 10.3. The molecule has 5 aromatic carbocycles. The molecule has 4 N–H and O–H groups in total. The van der Waals surface area contributed by atoms with Gasteiger partial charge in [-0.15, -0.1) is 0 Å². The number of nitrogens with two attached hydrogens (primary N) is 1. The van der Waals surface area contributed by atoms with Crippen LogP contribution in [-0.4, -0.2) is 28.7 Å². The Bertz CT molecular complexity index is 1630. The molecule has 0 saturated carbocycles. The summed E-state index contributed by atoms with van der Waals surface area (Å²) >= 11 is 0. The molecule has 0 bridgehead atoms. The van der Waals surface area contributed by atoms with Gasteiger partial charge in [0.1, 0.15) is 29.7 Å². The molecule has 0 fully saturated rings. The molecule has 1 atom stereocenters. The molecule has 1 aliphatic heterocycles. The molecule has 5 nitrogen and oxygen atoms in total. The highest BCUT2D eigenvalue weighted by atomic mass is 16.5. The van der Waals surface area contributed by atoms with E-state index in [4.69, 9.17) is 15.5 Å². The third-order valence-electron chi connectivity index (χ3n) is 6.58. The van der Waals surface area contributed by atoms with Crippen molar-refractivity contribution in [3.8, 4) is 39.5 Å². The zero-order chi connectivity index (χ0) is 24.1. The van der Waals surface area contributed by atoms with E-state index in [1.165, 1.54) is 0 Å². The van der Waals surface area contributed by atoms with Gasteiger partial charge in [0.25, 0.3) is 0 Å². The number of phenolic OH excluding ortho intramolecular Hbond substituents is 2. The van der Waals surface area contributed by atoms with Gasteiger partial charge in [-0.3, -0.25) is 4.99 Å². The van der Waals surface area contributed by atoms with Crippen LogP contribution in [0, 0.1) is 0 Å². The van der Waals surface area contributed by atoms with Crippen LogP contribution in [0.4, 0.5) is 0 Å². The van der Waals surface area contributed by atoms with Crippen LogP contribution in [0.1, 0.15) is 12.5 Å². The Morgan fingerprint density at radius 2 is 1.43 bits per heavy atom. The van der Waals surface area contributed by atoms with Crippen molar-refractivity contribution in [3.05, 3.63) is 90.5 Å². The molecule has 0 spiro atoms. The number of nitrogens with zero attached hydrogens (tertiary/aromatic N) is 1. The maximum atomic E-state index is 10.7. The Hall–Kier alpha value is -4.51. The molecule has 5 aromatic rings. The van der Waals surface area contributed by atoms with E-state index in [1.54, 1.807) is 18.2 Å². The summed E-state index contributed by atoms with van der Waals surface area (Å²) in [5, 5.41) is 25.3. The molecule has 0 unspecified atom stereocenters. The topological polar surface area (TPSA) is 88.1 Å². The minimum atomic E-state index is -0.149. The predicted molar refractivity (Wildman–Crippen MR) is 141 cm³/mol. The summed E-state index contributed by atoms with van der Waals surface area (Å²) in [4.78, 5) is 4.71. The van der Waals surface area contributed by atoms with E-state index in [1.807, 2.05) is 55.5 Å². The second kappa shape index (κ2) is 8.06. The van der Waals surface area contributed by atoms with E-state index < -0.39 is 0 Å². The smallest absolute Gasteiger partial charge is 0.135 e. The number of phenols is 2. The molecule has 6 rings (SSSR count). The Morgan fingerprint density at radius 3 is 2.17 bits per heavy atom. The molecule has 0 aliphatic carbocycles. The molecule has 1 aliphatic rings.